The summed E-state index contributed by atoms with van der Waals surface area (Å²) in [4.78, 5) is 23.5. The number of hydrogen-bond donors (Lipinski definition) is 2. The van der Waals surface area contributed by atoms with Crippen LogP contribution in [0.1, 0.15) is 33.2 Å². The van der Waals surface area contributed by atoms with Gasteiger partial charge in [-0.05, 0) is 49.4 Å². The highest BCUT2D eigenvalue weighted by Crippen LogP contribution is 2.37. The summed E-state index contributed by atoms with van der Waals surface area (Å²) in [6.45, 7) is 0.431. The second kappa shape index (κ2) is 9.27. The third-order valence-electron chi connectivity index (χ3n) is 4.07. The maximum atomic E-state index is 13.3. The molecule has 0 radical (unpaired) electrons. The van der Waals surface area contributed by atoms with Gasteiger partial charge in [0.2, 0.25) is 5.91 Å². The number of nitrogens with zero attached hydrogens (tertiary/aromatic N) is 1. The molecule has 1 unspecified atom stereocenters. The second-order valence-electron chi connectivity index (χ2n) is 6.83. The van der Waals surface area contributed by atoms with Crippen molar-refractivity contribution in [2.45, 2.75) is 25.0 Å². The maximum absolute atomic E-state index is 13.3. The fourth-order valence-electron chi connectivity index (χ4n) is 2.48. The van der Waals surface area contributed by atoms with E-state index in [2.05, 4.69) is 10.1 Å². The molecule has 2 amide bonds. The zero-order valence-electron chi connectivity index (χ0n) is 16.7. The lowest BCUT2D eigenvalue weighted by Gasteiger charge is -2.24. The number of rotatable bonds is 7. The summed E-state index contributed by atoms with van der Waals surface area (Å²) in [5.41, 5.74) is 1.29. The standard InChI is InChI=1S/C20H15F6N3O4/c1-18(9-27,29-17(31)11-2-5-13(6-3-11)33-20(24,25)26)10-32-15-7-4-12(16(28)30)8-14(15)19(21,22)23/h2-8H,10H2,1H3,(H2,28,30)(H,29,31). The summed E-state index contributed by atoms with van der Waals surface area (Å²) in [6, 6.07) is 7.78. The Hall–Kier alpha value is -3.95. The summed E-state index contributed by atoms with van der Waals surface area (Å²) in [5.74, 6) is -3.28. The molecule has 0 aliphatic heterocycles. The highest BCUT2D eigenvalue weighted by molar-refractivity contribution is 5.95. The average molecular weight is 475 g/mol. The van der Waals surface area contributed by atoms with Crippen LogP contribution in [0.15, 0.2) is 42.5 Å². The summed E-state index contributed by atoms with van der Waals surface area (Å²) in [7, 11) is 0. The number of hydrogen-bond acceptors (Lipinski definition) is 5. The first-order chi connectivity index (χ1) is 15.1. The molecule has 0 saturated carbocycles. The van der Waals surface area contributed by atoms with Crippen molar-refractivity contribution in [3.8, 4) is 17.6 Å². The molecule has 0 saturated heterocycles. The molecular formula is C20H15F6N3O4. The Morgan fingerprint density at radius 1 is 1.03 bits per heavy atom. The van der Waals surface area contributed by atoms with Crippen LogP contribution in [0.3, 0.4) is 0 Å². The van der Waals surface area contributed by atoms with Crippen molar-refractivity contribution in [2.75, 3.05) is 6.61 Å². The lowest BCUT2D eigenvalue weighted by molar-refractivity contribution is -0.274. The smallest absolute Gasteiger partial charge is 0.489 e. The number of nitriles is 1. The van der Waals surface area contributed by atoms with Gasteiger partial charge in [0.15, 0.2) is 5.54 Å². The fourth-order valence-corrected chi connectivity index (χ4v) is 2.48. The normalized spacial score (nSPS) is 13.4. The fraction of sp³-hybridized carbons (Fsp3) is 0.250. The number of amides is 2. The van der Waals surface area contributed by atoms with E-state index in [0.29, 0.717) is 6.07 Å². The lowest BCUT2D eigenvalue weighted by Crippen LogP contribution is -2.49. The predicted molar refractivity (Wildman–Crippen MR) is 100 cm³/mol. The first-order valence-electron chi connectivity index (χ1n) is 8.87. The topological polar surface area (TPSA) is 114 Å². The number of nitrogens with one attached hydrogen (secondary N) is 1. The van der Waals surface area contributed by atoms with Crippen LogP contribution in [0, 0.1) is 11.3 Å². The summed E-state index contributed by atoms with van der Waals surface area (Å²) < 4.78 is 85.4. The number of carbonyl (C=O) groups is 2. The lowest BCUT2D eigenvalue weighted by atomic mass is 10.0. The van der Waals surface area contributed by atoms with Crippen LogP contribution in [0.2, 0.25) is 0 Å². The van der Waals surface area contributed by atoms with Crippen LogP contribution in [0.25, 0.3) is 0 Å². The van der Waals surface area contributed by atoms with Gasteiger partial charge in [-0.25, -0.2) is 0 Å². The molecule has 13 heteroatoms. The quantitative estimate of drug-likeness (QED) is 0.592. The molecule has 7 nitrogen and oxygen atoms in total. The molecule has 0 spiro atoms. The molecule has 0 aliphatic rings. The Morgan fingerprint density at radius 2 is 1.61 bits per heavy atom. The molecule has 0 aromatic heterocycles. The molecular weight excluding hydrogens is 460 g/mol. The van der Waals surface area contributed by atoms with Crippen molar-refractivity contribution < 1.29 is 45.4 Å². The third-order valence-corrected chi connectivity index (χ3v) is 4.07. The van der Waals surface area contributed by atoms with Gasteiger partial charge in [-0.1, -0.05) is 0 Å². The highest BCUT2D eigenvalue weighted by atomic mass is 19.4. The zero-order chi connectivity index (χ0) is 25.0. The molecule has 33 heavy (non-hydrogen) atoms. The minimum atomic E-state index is -4.93. The molecule has 2 aromatic carbocycles. The van der Waals surface area contributed by atoms with E-state index in [0.717, 1.165) is 43.3 Å². The molecule has 2 rings (SSSR count). The first-order valence-corrected chi connectivity index (χ1v) is 8.87. The number of benzene rings is 2. The molecule has 176 valence electrons. The molecule has 3 N–H and O–H groups in total. The van der Waals surface area contributed by atoms with E-state index < -0.39 is 59.1 Å². The molecule has 1 atom stereocenters. The van der Waals surface area contributed by atoms with E-state index in [1.165, 1.54) is 0 Å². The summed E-state index contributed by atoms with van der Waals surface area (Å²) >= 11 is 0. The van der Waals surface area contributed by atoms with E-state index in [-0.39, 0.29) is 5.56 Å². The first kappa shape index (κ1) is 25.3. The van der Waals surface area contributed by atoms with E-state index in [1.54, 1.807) is 6.07 Å². The van der Waals surface area contributed by atoms with Crippen LogP contribution < -0.4 is 20.5 Å². The summed E-state index contributed by atoms with van der Waals surface area (Å²) in [6.07, 6.45) is -9.83. The van der Waals surface area contributed by atoms with Crippen molar-refractivity contribution >= 4 is 11.8 Å². The van der Waals surface area contributed by atoms with Crippen LogP contribution in [0.4, 0.5) is 26.3 Å². The number of ether oxygens (including phenoxy) is 2. The minimum absolute atomic E-state index is 0.146. The van der Waals surface area contributed by atoms with E-state index >= 15 is 0 Å². The molecule has 0 fully saturated rings. The Balaban J connectivity index is 2.16. The monoisotopic (exact) mass is 475 g/mol. The van der Waals surface area contributed by atoms with Gasteiger partial charge >= 0.3 is 12.5 Å². The third kappa shape index (κ3) is 7.03. The van der Waals surface area contributed by atoms with E-state index in [9.17, 15) is 41.2 Å². The minimum Gasteiger partial charge on any atom is -0.489 e. The molecule has 0 bridgehead atoms. The van der Waals surface area contributed by atoms with Crippen molar-refractivity contribution in [1.82, 2.24) is 5.32 Å². The van der Waals surface area contributed by atoms with Gasteiger partial charge < -0.3 is 20.5 Å². The van der Waals surface area contributed by atoms with Gasteiger partial charge in [0, 0.05) is 11.1 Å². The van der Waals surface area contributed by atoms with Crippen molar-refractivity contribution in [3.63, 3.8) is 0 Å². The SMILES string of the molecule is CC(C#N)(COc1ccc(C(N)=O)cc1C(F)(F)F)NC(=O)c1ccc(OC(F)(F)F)cc1. The number of alkyl halides is 6. The predicted octanol–water partition coefficient (Wildman–Crippen LogP) is 3.79. The Morgan fingerprint density at radius 3 is 2.09 bits per heavy atom. The van der Waals surface area contributed by atoms with Gasteiger partial charge in [0.1, 0.15) is 18.1 Å². The molecule has 0 heterocycles. The number of halogens is 6. The van der Waals surface area contributed by atoms with Gasteiger partial charge in [0.05, 0.1) is 11.6 Å². The van der Waals surface area contributed by atoms with E-state index in [1.807, 2.05) is 0 Å². The van der Waals surface area contributed by atoms with E-state index in [4.69, 9.17) is 10.5 Å². The van der Waals surface area contributed by atoms with Crippen molar-refractivity contribution in [2.24, 2.45) is 5.73 Å². The van der Waals surface area contributed by atoms with Gasteiger partial charge in [-0.2, -0.15) is 18.4 Å². The maximum Gasteiger partial charge on any atom is 0.573 e. The number of carbonyl (C=O) groups excluding carboxylic acids is 2. The molecule has 2 aromatic rings. The Labute approximate surface area is 182 Å². The van der Waals surface area contributed by atoms with Crippen molar-refractivity contribution in [1.29, 1.82) is 5.26 Å². The van der Waals surface area contributed by atoms with Crippen LogP contribution in [-0.2, 0) is 6.18 Å². The van der Waals surface area contributed by atoms with Crippen LogP contribution in [-0.4, -0.2) is 30.3 Å². The highest BCUT2D eigenvalue weighted by Gasteiger charge is 2.36. The van der Waals surface area contributed by atoms with Gasteiger partial charge in [0.25, 0.3) is 5.91 Å². The second-order valence-corrected chi connectivity index (χ2v) is 6.83. The van der Waals surface area contributed by atoms with Gasteiger partial charge in [-0.3, -0.25) is 9.59 Å². The Kier molecular flexibility index (Phi) is 7.11. The largest absolute Gasteiger partial charge is 0.573 e. The number of nitrogens with two attached hydrogens (primary N) is 1. The zero-order valence-corrected chi connectivity index (χ0v) is 16.7. The Bertz CT molecular complexity index is 1080. The number of primary amides is 1. The van der Waals surface area contributed by atoms with Crippen LogP contribution >= 0.6 is 0 Å². The average Bonchev–Trinajstić information content (AvgIpc) is 2.70. The van der Waals surface area contributed by atoms with Crippen LogP contribution in [0.5, 0.6) is 11.5 Å². The van der Waals surface area contributed by atoms with Gasteiger partial charge in [-0.15, -0.1) is 13.2 Å². The molecule has 0 aliphatic carbocycles. The van der Waals surface area contributed by atoms with Crippen molar-refractivity contribution in [3.05, 3.63) is 59.2 Å². The summed E-state index contributed by atoms with van der Waals surface area (Å²) in [5, 5.41) is 11.6.